The van der Waals surface area contributed by atoms with Gasteiger partial charge in [-0.2, -0.15) is 10.1 Å². The third-order valence-electron chi connectivity index (χ3n) is 11.4. The number of nitrogens with one attached hydrogen (secondary N) is 3. The molecule has 0 aliphatic carbocycles. The lowest BCUT2D eigenvalue weighted by molar-refractivity contribution is 0.0817. The van der Waals surface area contributed by atoms with Crippen molar-refractivity contribution in [2.24, 2.45) is 0 Å². The number of pyridine rings is 1. The number of hydrogen-bond donors (Lipinski definition) is 3. The quantitative estimate of drug-likeness (QED) is 0.0888. The number of piperidine rings is 1. The molecule has 0 bridgehead atoms. The predicted molar refractivity (Wildman–Crippen MR) is 214 cm³/mol. The third kappa shape index (κ3) is 8.88. The van der Waals surface area contributed by atoms with Crippen molar-refractivity contribution in [2.75, 3.05) is 46.0 Å². The van der Waals surface area contributed by atoms with Crippen molar-refractivity contribution in [3.8, 4) is 17.3 Å². The van der Waals surface area contributed by atoms with Gasteiger partial charge in [0.25, 0.3) is 11.6 Å². The van der Waals surface area contributed by atoms with E-state index in [9.17, 15) is 14.0 Å². The van der Waals surface area contributed by atoms with Crippen LogP contribution in [0.1, 0.15) is 57.4 Å². The fourth-order valence-corrected chi connectivity index (χ4v) is 9.38. The summed E-state index contributed by atoms with van der Waals surface area (Å²) in [5.41, 5.74) is 0.0353. The lowest BCUT2D eigenvalue weighted by Gasteiger charge is -2.34. The number of alkyl halides is 1. The van der Waals surface area contributed by atoms with Gasteiger partial charge in [0.05, 0.1) is 34.8 Å². The number of alkyl carbamates (subject to hydrolysis) is 1. The number of fused-ring (bicyclic) bond motifs is 3. The van der Waals surface area contributed by atoms with Gasteiger partial charge in [-0.1, -0.05) is 31.2 Å². The first kappa shape index (κ1) is 40.5. The minimum atomic E-state index is -1.32. The molecule has 0 saturated carbocycles. The molecule has 0 spiro atoms. The molecule has 3 N–H and O–H groups in total. The van der Waals surface area contributed by atoms with E-state index < -0.39 is 37.3 Å². The molecule has 3 aromatic heterocycles. The predicted octanol–water partition coefficient (Wildman–Crippen LogP) is 6.59. The Morgan fingerprint density at radius 3 is 2.79 bits per heavy atom. The molecular formula is C39H53ClF2N8O5Si. The van der Waals surface area contributed by atoms with E-state index >= 15 is 4.39 Å². The van der Waals surface area contributed by atoms with Crippen molar-refractivity contribution in [2.45, 2.75) is 108 Å². The molecule has 0 unspecified atom stereocenters. The fourth-order valence-electron chi connectivity index (χ4n) is 8.33. The van der Waals surface area contributed by atoms with Crippen molar-refractivity contribution in [3.05, 3.63) is 45.2 Å². The molecule has 7 rings (SSSR count). The summed E-state index contributed by atoms with van der Waals surface area (Å²) in [7, 11) is -1.32. The van der Waals surface area contributed by atoms with Gasteiger partial charge in [-0.25, -0.2) is 18.3 Å². The van der Waals surface area contributed by atoms with Crippen molar-refractivity contribution in [1.82, 2.24) is 40.3 Å². The van der Waals surface area contributed by atoms with E-state index in [0.29, 0.717) is 72.4 Å². The minimum absolute atomic E-state index is 0.0372. The van der Waals surface area contributed by atoms with Crippen LogP contribution in [0.3, 0.4) is 0 Å². The summed E-state index contributed by atoms with van der Waals surface area (Å²) >= 11 is 7.02. The molecule has 3 aliphatic rings. The number of hydrogen-bond acceptors (Lipinski definition) is 10. The maximum atomic E-state index is 16.9. The highest BCUT2D eigenvalue weighted by atomic mass is 35.5. The van der Waals surface area contributed by atoms with Gasteiger partial charge in [0.15, 0.2) is 5.82 Å². The molecule has 4 aromatic rings. The molecule has 304 valence electrons. The number of carbonyl (C=O) groups excluding carboxylic acids is 1. The van der Waals surface area contributed by atoms with Crippen LogP contribution in [0.25, 0.3) is 33.1 Å². The second-order valence-corrected chi connectivity index (χ2v) is 23.1. The van der Waals surface area contributed by atoms with Crippen LogP contribution >= 0.6 is 11.6 Å². The number of aromatic amines is 1. The first-order valence-corrected chi connectivity index (χ1v) is 23.8. The number of H-pyrrole nitrogens is 1. The van der Waals surface area contributed by atoms with Crippen LogP contribution in [-0.2, 0) is 22.6 Å². The second-order valence-electron chi connectivity index (χ2n) is 17.1. The molecular weight excluding hydrogens is 762 g/mol. The maximum Gasteiger partial charge on any atom is 0.407 e. The highest BCUT2D eigenvalue weighted by Gasteiger charge is 2.49. The summed E-state index contributed by atoms with van der Waals surface area (Å²) in [6.07, 6.45) is 6.97. The summed E-state index contributed by atoms with van der Waals surface area (Å²) in [5, 5.41) is 11.9. The Bertz CT molecular complexity index is 2120. The summed E-state index contributed by atoms with van der Waals surface area (Å²) < 4.78 is 50.6. The highest BCUT2D eigenvalue weighted by Crippen LogP contribution is 2.41. The van der Waals surface area contributed by atoms with E-state index in [2.05, 4.69) is 55.2 Å². The van der Waals surface area contributed by atoms with Gasteiger partial charge in [-0.05, 0) is 82.6 Å². The van der Waals surface area contributed by atoms with Gasteiger partial charge in [0, 0.05) is 56.4 Å². The minimum Gasteiger partial charge on any atom is -0.463 e. The number of halogens is 3. The number of benzene rings is 1. The van der Waals surface area contributed by atoms with E-state index in [4.69, 9.17) is 25.8 Å². The maximum absolute atomic E-state index is 16.9. The Morgan fingerprint density at radius 2 is 2.00 bits per heavy atom. The Balaban J connectivity index is 1.16. The molecule has 1 aromatic carbocycles. The Labute approximate surface area is 331 Å². The molecule has 17 heteroatoms. The Morgan fingerprint density at radius 1 is 1.16 bits per heavy atom. The molecule has 6 heterocycles. The molecule has 3 atom stereocenters. The summed E-state index contributed by atoms with van der Waals surface area (Å²) in [6, 6.07) is 2.65. The number of unbranched alkanes of at least 4 members (excludes halogenated alkanes) is 1. The van der Waals surface area contributed by atoms with Crippen LogP contribution in [0.15, 0.2) is 23.3 Å². The monoisotopic (exact) mass is 814 g/mol. The lowest BCUT2D eigenvalue weighted by atomic mass is 9.93. The average molecular weight is 815 g/mol. The van der Waals surface area contributed by atoms with Crippen LogP contribution < -0.4 is 20.9 Å². The first-order valence-electron chi connectivity index (χ1n) is 19.8. The van der Waals surface area contributed by atoms with Crippen LogP contribution in [-0.4, -0.2) is 107 Å². The van der Waals surface area contributed by atoms with Crippen LogP contribution in [0.2, 0.25) is 30.7 Å². The number of aromatic nitrogens is 5. The van der Waals surface area contributed by atoms with Gasteiger partial charge in [0.2, 0.25) is 0 Å². The first-order chi connectivity index (χ1) is 26.7. The largest absolute Gasteiger partial charge is 0.463 e. The third-order valence-corrected chi connectivity index (χ3v) is 13.5. The lowest BCUT2D eigenvalue weighted by Crippen LogP contribution is -2.55. The van der Waals surface area contributed by atoms with Crippen LogP contribution in [0.5, 0.6) is 6.01 Å². The second kappa shape index (κ2) is 16.6. The standard InChI is InChI=1S/C39H53ClF2N8O5Si/c1-38(10-7-12-43-22-38)48-37(52)54-14-6-5-9-26-29(40)17-30-27(20-45-50(30)24-53-15-16-56(2,3)4)31(26)34-32(42)33-28(19-44-34)35(51)47-36(46-33)55-23-39-11-8-13-49(39)21-25(41)18-39/h17,19-20,25,43H,5-16,18,21-24H2,1-4H3,(H,48,52)(H,46,47,51)/t25-,38-,39+/m1/s1. The Kier molecular flexibility index (Phi) is 12.0. The summed E-state index contributed by atoms with van der Waals surface area (Å²) in [5.74, 6) is -0.807. The van der Waals surface area contributed by atoms with Crippen LogP contribution in [0, 0.1) is 5.82 Å². The highest BCUT2D eigenvalue weighted by molar-refractivity contribution is 6.76. The zero-order chi connectivity index (χ0) is 39.7. The van der Waals surface area contributed by atoms with E-state index in [1.165, 1.54) is 6.20 Å². The van der Waals surface area contributed by atoms with E-state index in [1.807, 2.05) is 6.92 Å². The van der Waals surface area contributed by atoms with Gasteiger partial charge < -0.3 is 24.8 Å². The summed E-state index contributed by atoms with van der Waals surface area (Å²) in [6.45, 7) is 12.7. The molecule has 3 saturated heterocycles. The molecule has 13 nitrogen and oxygen atoms in total. The van der Waals surface area contributed by atoms with E-state index in [0.717, 1.165) is 44.8 Å². The fraction of sp³-hybridized carbons (Fsp3) is 0.615. The van der Waals surface area contributed by atoms with E-state index in [1.54, 1.807) is 16.9 Å². The summed E-state index contributed by atoms with van der Waals surface area (Å²) in [4.78, 5) is 39.5. The topological polar surface area (TPSA) is 149 Å². The van der Waals surface area contributed by atoms with E-state index in [-0.39, 0.29) is 48.1 Å². The number of nitrogens with zero attached hydrogens (tertiary/aromatic N) is 5. The van der Waals surface area contributed by atoms with Gasteiger partial charge in [-0.15, -0.1) is 0 Å². The van der Waals surface area contributed by atoms with Crippen molar-refractivity contribution < 1.29 is 27.8 Å². The smallest absolute Gasteiger partial charge is 0.407 e. The van der Waals surface area contributed by atoms with Crippen molar-refractivity contribution in [3.63, 3.8) is 0 Å². The normalized spacial score (nSPS) is 22.9. The zero-order valence-corrected chi connectivity index (χ0v) is 34.5. The number of carbonyl (C=O) groups is 1. The molecule has 1 amide bonds. The van der Waals surface area contributed by atoms with Crippen molar-refractivity contribution >= 4 is 47.6 Å². The van der Waals surface area contributed by atoms with Crippen LogP contribution in [0.4, 0.5) is 13.6 Å². The van der Waals surface area contributed by atoms with Gasteiger partial charge in [0.1, 0.15) is 30.7 Å². The SMILES string of the molecule is C[C@@]1(NC(=O)OCCCCc2c(Cl)cc3c(cnn3COCC[Si](C)(C)C)c2-c2ncc3c(=O)[nH]c(OC[C@@]45CCCN4C[C@H](F)C5)nc3c2F)CCCNC1. The molecule has 0 radical (unpaired) electrons. The molecule has 3 aliphatic heterocycles. The Hall–Kier alpha value is -3.70. The molecule has 56 heavy (non-hydrogen) atoms. The zero-order valence-electron chi connectivity index (χ0n) is 32.7. The number of ether oxygens (including phenoxy) is 3. The van der Waals surface area contributed by atoms with Crippen molar-refractivity contribution in [1.29, 1.82) is 0 Å². The number of rotatable bonds is 15. The number of amides is 1. The molecule has 3 fully saturated rings. The average Bonchev–Trinajstić information content (AvgIpc) is 3.81. The van der Waals surface area contributed by atoms with Gasteiger partial charge in [-0.3, -0.25) is 19.7 Å². The van der Waals surface area contributed by atoms with Gasteiger partial charge >= 0.3 is 6.09 Å².